The second kappa shape index (κ2) is 8.61. The fourth-order valence-corrected chi connectivity index (χ4v) is 5.99. The summed E-state index contributed by atoms with van der Waals surface area (Å²) in [7, 11) is -3.70. The van der Waals surface area contributed by atoms with E-state index in [2.05, 4.69) is 15.5 Å². The largest absolute Gasteiger partial charge is 0.243 e. The van der Waals surface area contributed by atoms with E-state index in [-0.39, 0.29) is 22.8 Å². The zero-order chi connectivity index (χ0) is 21.1. The lowest BCUT2D eigenvalue weighted by Gasteiger charge is -2.30. The van der Waals surface area contributed by atoms with Crippen LogP contribution in [0.15, 0.2) is 59.8 Å². The Morgan fingerprint density at radius 3 is 2.47 bits per heavy atom. The van der Waals surface area contributed by atoms with Gasteiger partial charge in [-0.1, -0.05) is 29.8 Å². The number of tetrazole rings is 1. The van der Waals surface area contributed by atoms with Crippen LogP contribution in [0.25, 0.3) is 0 Å². The molecule has 1 saturated heterocycles. The zero-order valence-corrected chi connectivity index (χ0v) is 17.5. The van der Waals surface area contributed by atoms with Gasteiger partial charge in [0, 0.05) is 12.6 Å². The van der Waals surface area contributed by atoms with Gasteiger partial charge >= 0.3 is 0 Å². The Balaban J connectivity index is 1.62. The van der Waals surface area contributed by atoms with Crippen molar-refractivity contribution in [3.05, 3.63) is 71.8 Å². The molecule has 30 heavy (non-hydrogen) atoms. The Morgan fingerprint density at radius 2 is 1.80 bits per heavy atom. The zero-order valence-electron chi connectivity index (χ0n) is 16.7. The average Bonchev–Trinajstić information content (AvgIpc) is 3.39. The van der Waals surface area contributed by atoms with Crippen LogP contribution in [0.5, 0.6) is 0 Å². The predicted molar refractivity (Wildman–Crippen MR) is 109 cm³/mol. The van der Waals surface area contributed by atoms with Crippen molar-refractivity contribution in [1.82, 2.24) is 24.5 Å². The summed E-state index contributed by atoms with van der Waals surface area (Å²) in [5, 5.41) is 11.1. The van der Waals surface area contributed by atoms with Crippen molar-refractivity contribution in [3.8, 4) is 0 Å². The summed E-state index contributed by atoms with van der Waals surface area (Å²) in [6, 6.07) is 12.6. The van der Waals surface area contributed by atoms with E-state index in [9.17, 15) is 12.8 Å². The first-order chi connectivity index (χ1) is 14.4. The van der Waals surface area contributed by atoms with Crippen molar-refractivity contribution in [2.45, 2.75) is 56.1 Å². The van der Waals surface area contributed by atoms with Gasteiger partial charge in [-0.25, -0.2) is 17.5 Å². The van der Waals surface area contributed by atoms with Crippen molar-refractivity contribution in [1.29, 1.82) is 0 Å². The van der Waals surface area contributed by atoms with E-state index in [4.69, 9.17) is 0 Å². The summed E-state index contributed by atoms with van der Waals surface area (Å²) in [6.45, 7) is 2.55. The van der Waals surface area contributed by atoms with Gasteiger partial charge in [-0.2, -0.15) is 4.31 Å². The molecule has 0 bridgehead atoms. The second-order valence-electron chi connectivity index (χ2n) is 7.66. The van der Waals surface area contributed by atoms with Crippen molar-refractivity contribution < 1.29 is 12.8 Å². The first-order valence-electron chi connectivity index (χ1n) is 10.0. The first-order valence-corrected chi connectivity index (χ1v) is 11.5. The number of benzene rings is 2. The minimum absolute atomic E-state index is 0.136. The molecule has 2 aromatic carbocycles. The molecule has 158 valence electrons. The minimum Gasteiger partial charge on any atom is -0.233 e. The quantitative estimate of drug-likeness (QED) is 0.574. The van der Waals surface area contributed by atoms with Crippen LogP contribution in [0.1, 0.15) is 42.9 Å². The van der Waals surface area contributed by atoms with Gasteiger partial charge in [0.1, 0.15) is 12.1 Å². The minimum atomic E-state index is -3.70. The smallest absolute Gasteiger partial charge is 0.233 e. The molecule has 2 heterocycles. The summed E-state index contributed by atoms with van der Waals surface area (Å²) in [5.41, 5.74) is 1.82. The van der Waals surface area contributed by atoms with Gasteiger partial charge in [0.2, 0.25) is 10.0 Å². The standard InChI is InChI=1S/C21H24FN5O2S/c1-16-4-11-20(12-5-16)30(28,29)27-19(3-2-14-26-15-23-24-25-26)10-13-21(27)17-6-8-18(22)9-7-17/h4-9,11-12,15,19,21H,2-3,10,13-14H2,1H3. The molecule has 0 aliphatic carbocycles. The lowest BCUT2D eigenvalue weighted by Crippen LogP contribution is -2.37. The molecular formula is C21H24FN5O2S. The highest BCUT2D eigenvalue weighted by Gasteiger charge is 2.42. The van der Waals surface area contributed by atoms with Crippen LogP contribution < -0.4 is 0 Å². The van der Waals surface area contributed by atoms with Crippen molar-refractivity contribution in [3.63, 3.8) is 0 Å². The van der Waals surface area contributed by atoms with E-state index in [1.165, 1.54) is 12.1 Å². The predicted octanol–water partition coefficient (Wildman–Crippen LogP) is 3.50. The lowest BCUT2D eigenvalue weighted by molar-refractivity contribution is 0.304. The summed E-state index contributed by atoms with van der Waals surface area (Å²) >= 11 is 0. The molecule has 1 fully saturated rings. The van der Waals surface area contributed by atoms with Gasteiger partial charge < -0.3 is 0 Å². The van der Waals surface area contributed by atoms with Crippen LogP contribution in [-0.2, 0) is 16.6 Å². The molecule has 2 atom stereocenters. The third-order valence-electron chi connectivity index (χ3n) is 5.61. The van der Waals surface area contributed by atoms with Crippen LogP contribution >= 0.6 is 0 Å². The summed E-state index contributed by atoms with van der Waals surface area (Å²) < 4.78 is 43.9. The van der Waals surface area contributed by atoms with Crippen molar-refractivity contribution in [2.75, 3.05) is 0 Å². The number of sulfonamides is 1. The fraction of sp³-hybridized carbons (Fsp3) is 0.381. The molecule has 7 nitrogen and oxygen atoms in total. The van der Waals surface area contributed by atoms with Crippen LogP contribution in [0.3, 0.4) is 0 Å². The molecule has 0 amide bonds. The highest BCUT2D eigenvalue weighted by Crippen LogP contribution is 2.42. The SMILES string of the molecule is Cc1ccc(S(=O)(=O)N2C(CCCn3cnnn3)CCC2c2ccc(F)cc2)cc1. The van der Waals surface area contributed by atoms with Gasteiger partial charge in [0.05, 0.1) is 10.9 Å². The maximum Gasteiger partial charge on any atom is 0.243 e. The van der Waals surface area contributed by atoms with Gasteiger partial charge in [-0.15, -0.1) is 5.10 Å². The molecule has 0 saturated carbocycles. The monoisotopic (exact) mass is 429 g/mol. The maximum atomic E-state index is 13.6. The van der Waals surface area contributed by atoms with Crippen molar-refractivity contribution in [2.24, 2.45) is 0 Å². The van der Waals surface area contributed by atoms with Crippen LogP contribution in [-0.4, -0.2) is 39.0 Å². The number of hydrogen-bond acceptors (Lipinski definition) is 5. The number of hydrogen-bond donors (Lipinski definition) is 0. The Bertz CT molecular complexity index is 1070. The lowest BCUT2D eigenvalue weighted by atomic mass is 10.0. The summed E-state index contributed by atoms with van der Waals surface area (Å²) in [4.78, 5) is 0.285. The third kappa shape index (κ3) is 4.27. The molecule has 9 heteroatoms. The highest BCUT2D eigenvalue weighted by atomic mass is 32.2. The maximum absolute atomic E-state index is 13.6. The molecule has 1 aliphatic heterocycles. The van der Waals surface area contributed by atoms with Gasteiger partial charge in [-0.05, 0) is 72.9 Å². The third-order valence-corrected chi connectivity index (χ3v) is 7.58. The molecular weight excluding hydrogens is 405 g/mol. The number of nitrogens with zero attached hydrogens (tertiary/aromatic N) is 5. The van der Waals surface area contributed by atoms with Crippen LogP contribution in [0.4, 0.5) is 4.39 Å². The van der Waals surface area contributed by atoms with Gasteiger partial charge in [0.15, 0.2) is 0 Å². The van der Waals surface area contributed by atoms with Crippen LogP contribution in [0.2, 0.25) is 0 Å². The number of aryl methyl sites for hydroxylation is 2. The normalized spacial score (nSPS) is 19.9. The van der Waals surface area contributed by atoms with Gasteiger partial charge in [0.25, 0.3) is 0 Å². The summed E-state index contributed by atoms with van der Waals surface area (Å²) in [5.74, 6) is -0.331. The van der Waals surface area contributed by atoms with E-state index in [0.29, 0.717) is 19.4 Å². The van der Waals surface area contributed by atoms with Crippen molar-refractivity contribution >= 4 is 10.0 Å². The number of rotatable bonds is 7. The first kappa shape index (κ1) is 20.6. The molecule has 4 rings (SSSR count). The van der Waals surface area contributed by atoms with E-state index < -0.39 is 10.0 Å². The number of aromatic nitrogens is 4. The molecule has 0 N–H and O–H groups in total. The molecule has 1 aromatic heterocycles. The Morgan fingerprint density at radius 1 is 1.07 bits per heavy atom. The van der Waals surface area contributed by atoms with Gasteiger partial charge in [-0.3, -0.25) is 0 Å². The van der Waals surface area contributed by atoms with E-state index in [1.807, 2.05) is 19.1 Å². The molecule has 1 aliphatic rings. The topological polar surface area (TPSA) is 81.0 Å². The fourth-order valence-electron chi connectivity index (χ4n) is 4.10. The van der Waals surface area contributed by atoms with E-state index in [1.54, 1.807) is 39.6 Å². The molecule has 2 unspecified atom stereocenters. The Hall–Kier alpha value is -2.65. The number of halogens is 1. The van der Waals surface area contributed by atoms with Crippen LogP contribution in [0, 0.1) is 12.7 Å². The second-order valence-corrected chi connectivity index (χ2v) is 9.50. The molecule has 3 aromatic rings. The Kier molecular flexibility index (Phi) is 5.92. The highest BCUT2D eigenvalue weighted by molar-refractivity contribution is 7.89. The molecule has 0 spiro atoms. The summed E-state index contributed by atoms with van der Waals surface area (Å²) in [6.07, 6.45) is 4.46. The van der Waals surface area contributed by atoms with E-state index >= 15 is 0 Å². The molecule has 0 radical (unpaired) electrons. The Labute approximate surface area is 175 Å². The van der Waals surface area contributed by atoms with E-state index in [0.717, 1.165) is 24.0 Å². The average molecular weight is 430 g/mol.